The highest BCUT2D eigenvalue weighted by Crippen LogP contribution is 2.24. The minimum Gasteiger partial charge on any atom is -0.486 e. The SMILES string of the molecule is Cn1ncnc1COc1cccc(N2CCC(N)CC2)c1. The third kappa shape index (κ3) is 3.33. The van der Waals surface area contributed by atoms with Gasteiger partial charge in [-0.05, 0) is 25.0 Å². The van der Waals surface area contributed by atoms with Crippen molar-refractivity contribution in [3.63, 3.8) is 0 Å². The number of ether oxygens (including phenoxy) is 1. The van der Waals surface area contributed by atoms with Gasteiger partial charge in [0.15, 0.2) is 5.82 Å². The molecule has 0 saturated carbocycles. The second-order valence-corrected chi connectivity index (χ2v) is 5.41. The third-order valence-electron chi connectivity index (χ3n) is 3.90. The molecule has 21 heavy (non-hydrogen) atoms. The molecule has 0 bridgehead atoms. The van der Waals surface area contributed by atoms with E-state index in [1.165, 1.54) is 12.0 Å². The Balaban J connectivity index is 1.64. The molecule has 1 aromatic heterocycles. The summed E-state index contributed by atoms with van der Waals surface area (Å²) in [6.45, 7) is 2.44. The van der Waals surface area contributed by atoms with Crippen LogP contribution < -0.4 is 15.4 Å². The highest BCUT2D eigenvalue weighted by atomic mass is 16.5. The van der Waals surface area contributed by atoms with Crippen LogP contribution in [-0.2, 0) is 13.7 Å². The van der Waals surface area contributed by atoms with Crippen LogP contribution >= 0.6 is 0 Å². The van der Waals surface area contributed by atoms with Gasteiger partial charge in [-0.1, -0.05) is 6.07 Å². The summed E-state index contributed by atoms with van der Waals surface area (Å²) < 4.78 is 7.53. The largest absolute Gasteiger partial charge is 0.486 e. The fraction of sp³-hybridized carbons (Fsp3) is 0.467. The lowest BCUT2D eigenvalue weighted by Crippen LogP contribution is -2.39. The lowest BCUT2D eigenvalue weighted by atomic mass is 10.1. The van der Waals surface area contributed by atoms with Crippen molar-refractivity contribution in [3.8, 4) is 5.75 Å². The molecule has 2 aromatic rings. The van der Waals surface area contributed by atoms with Crippen LogP contribution in [0.1, 0.15) is 18.7 Å². The van der Waals surface area contributed by atoms with E-state index in [1.54, 1.807) is 4.68 Å². The Morgan fingerprint density at radius 3 is 2.86 bits per heavy atom. The molecule has 1 aliphatic rings. The first-order chi connectivity index (χ1) is 10.2. The summed E-state index contributed by atoms with van der Waals surface area (Å²) in [5.41, 5.74) is 7.15. The number of aryl methyl sites for hydroxylation is 1. The summed E-state index contributed by atoms with van der Waals surface area (Å²) in [5, 5.41) is 4.03. The van der Waals surface area contributed by atoms with Gasteiger partial charge in [0.2, 0.25) is 0 Å². The molecule has 2 N–H and O–H groups in total. The molecule has 1 saturated heterocycles. The van der Waals surface area contributed by atoms with E-state index >= 15 is 0 Å². The van der Waals surface area contributed by atoms with Crippen LogP contribution in [0.2, 0.25) is 0 Å². The number of rotatable bonds is 4. The first kappa shape index (κ1) is 13.9. The second kappa shape index (κ2) is 6.13. The number of nitrogens with zero attached hydrogens (tertiary/aromatic N) is 4. The topological polar surface area (TPSA) is 69.2 Å². The summed E-state index contributed by atoms with van der Waals surface area (Å²) in [4.78, 5) is 6.51. The predicted octanol–water partition coefficient (Wildman–Crippen LogP) is 1.32. The van der Waals surface area contributed by atoms with Crippen molar-refractivity contribution >= 4 is 5.69 Å². The molecule has 2 heterocycles. The quantitative estimate of drug-likeness (QED) is 0.918. The molecule has 6 nitrogen and oxygen atoms in total. The van der Waals surface area contributed by atoms with E-state index in [0.717, 1.165) is 37.5 Å². The zero-order valence-electron chi connectivity index (χ0n) is 12.3. The number of nitrogens with two attached hydrogens (primary N) is 1. The fourth-order valence-electron chi connectivity index (χ4n) is 2.53. The van der Waals surface area contributed by atoms with Gasteiger partial charge >= 0.3 is 0 Å². The van der Waals surface area contributed by atoms with Gasteiger partial charge in [0.25, 0.3) is 0 Å². The van der Waals surface area contributed by atoms with Crippen LogP contribution in [0, 0.1) is 0 Å². The molecule has 0 aliphatic carbocycles. The lowest BCUT2D eigenvalue weighted by molar-refractivity contribution is 0.290. The summed E-state index contributed by atoms with van der Waals surface area (Å²) in [7, 11) is 1.86. The van der Waals surface area contributed by atoms with Gasteiger partial charge < -0.3 is 15.4 Å². The number of anilines is 1. The van der Waals surface area contributed by atoms with Gasteiger partial charge in [-0.3, -0.25) is 4.68 Å². The number of hydrogen-bond acceptors (Lipinski definition) is 5. The average Bonchev–Trinajstić information content (AvgIpc) is 2.91. The van der Waals surface area contributed by atoms with Gasteiger partial charge in [-0.2, -0.15) is 5.10 Å². The van der Waals surface area contributed by atoms with Gasteiger partial charge in [-0.15, -0.1) is 0 Å². The van der Waals surface area contributed by atoms with Crippen LogP contribution in [0.3, 0.4) is 0 Å². The van der Waals surface area contributed by atoms with E-state index in [0.29, 0.717) is 12.6 Å². The summed E-state index contributed by atoms with van der Waals surface area (Å²) in [6, 6.07) is 8.53. The summed E-state index contributed by atoms with van der Waals surface area (Å²) in [5.74, 6) is 1.66. The minimum absolute atomic E-state index is 0.344. The van der Waals surface area contributed by atoms with Crippen molar-refractivity contribution in [3.05, 3.63) is 36.4 Å². The van der Waals surface area contributed by atoms with E-state index in [-0.39, 0.29) is 0 Å². The van der Waals surface area contributed by atoms with Crippen LogP contribution in [0.25, 0.3) is 0 Å². The summed E-state index contributed by atoms with van der Waals surface area (Å²) >= 11 is 0. The van der Waals surface area contributed by atoms with Crippen molar-refractivity contribution in [1.82, 2.24) is 14.8 Å². The molecular weight excluding hydrogens is 266 g/mol. The van der Waals surface area contributed by atoms with E-state index in [4.69, 9.17) is 10.5 Å². The Morgan fingerprint density at radius 1 is 1.33 bits per heavy atom. The number of aromatic nitrogens is 3. The Labute approximate surface area is 124 Å². The maximum Gasteiger partial charge on any atom is 0.164 e. The zero-order chi connectivity index (χ0) is 14.7. The van der Waals surface area contributed by atoms with Crippen LogP contribution in [-0.4, -0.2) is 33.9 Å². The molecule has 6 heteroatoms. The van der Waals surface area contributed by atoms with Crippen molar-refractivity contribution < 1.29 is 4.74 Å². The average molecular weight is 287 g/mol. The van der Waals surface area contributed by atoms with Gasteiger partial charge in [0.1, 0.15) is 18.7 Å². The highest BCUT2D eigenvalue weighted by Gasteiger charge is 2.16. The molecule has 0 unspecified atom stereocenters. The maximum absolute atomic E-state index is 5.95. The first-order valence-electron chi connectivity index (χ1n) is 7.28. The highest BCUT2D eigenvalue weighted by molar-refractivity contribution is 5.51. The number of piperidine rings is 1. The number of benzene rings is 1. The van der Waals surface area contributed by atoms with Crippen molar-refractivity contribution in [2.45, 2.75) is 25.5 Å². The lowest BCUT2D eigenvalue weighted by Gasteiger charge is -2.32. The van der Waals surface area contributed by atoms with Gasteiger partial charge in [0.05, 0.1) is 0 Å². The molecule has 1 aliphatic heterocycles. The molecular formula is C15H21N5O. The Kier molecular flexibility index (Phi) is 4.06. The maximum atomic E-state index is 5.95. The van der Waals surface area contributed by atoms with Gasteiger partial charge in [-0.25, -0.2) is 4.98 Å². The zero-order valence-corrected chi connectivity index (χ0v) is 12.3. The molecule has 1 fully saturated rings. The van der Waals surface area contributed by atoms with E-state index < -0.39 is 0 Å². The van der Waals surface area contributed by atoms with Gasteiger partial charge in [0, 0.05) is 37.9 Å². The molecule has 0 amide bonds. The Bertz CT molecular complexity index is 589. The van der Waals surface area contributed by atoms with Crippen molar-refractivity contribution in [2.75, 3.05) is 18.0 Å². The normalized spacial score (nSPS) is 16.2. The standard InChI is InChI=1S/C15H21N5O/c1-19-15(17-11-18-19)10-21-14-4-2-3-13(9-14)20-7-5-12(16)6-8-20/h2-4,9,11-12H,5-8,10,16H2,1H3. The second-order valence-electron chi connectivity index (χ2n) is 5.41. The van der Waals surface area contributed by atoms with Crippen LogP contribution in [0.4, 0.5) is 5.69 Å². The monoisotopic (exact) mass is 287 g/mol. The molecule has 3 rings (SSSR count). The molecule has 112 valence electrons. The van der Waals surface area contributed by atoms with Crippen molar-refractivity contribution in [1.29, 1.82) is 0 Å². The summed E-state index contributed by atoms with van der Waals surface area (Å²) in [6.07, 6.45) is 3.63. The van der Waals surface area contributed by atoms with Crippen LogP contribution in [0.15, 0.2) is 30.6 Å². The number of hydrogen-bond donors (Lipinski definition) is 1. The molecule has 0 radical (unpaired) electrons. The Hall–Kier alpha value is -2.08. The van der Waals surface area contributed by atoms with Crippen molar-refractivity contribution in [2.24, 2.45) is 12.8 Å². The first-order valence-corrected chi connectivity index (χ1v) is 7.28. The molecule has 1 aromatic carbocycles. The predicted molar refractivity (Wildman–Crippen MR) is 81.2 cm³/mol. The minimum atomic E-state index is 0.344. The Morgan fingerprint density at radius 2 is 2.14 bits per heavy atom. The third-order valence-corrected chi connectivity index (χ3v) is 3.90. The van der Waals surface area contributed by atoms with E-state index in [1.807, 2.05) is 19.2 Å². The van der Waals surface area contributed by atoms with E-state index in [2.05, 4.69) is 27.1 Å². The van der Waals surface area contributed by atoms with Crippen LogP contribution in [0.5, 0.6) is 5.75 Å². The molecule has 0 spiro atoms. The smallest absolute Gasteiger partial charge is 0.164 e. The molecule has 0 atom stereocenters. The van der Waals surface area contributed by atoms with E-state index in [9.17, 15) is 0 Å². The fourth-order valence-corrected chi connectivity index (χ4v) is 2.53.